The van der Waals surface area contributed by atoms with Gasteiger partial charge in [-0.1, -0.05) is 6.92 Å². The van der Waals surface area contributed by atoms with Crippen LogP contribution in [0.4, 0.5) is 5.00 Å². The molecule has 1 aliphatic carbocycles. The van der Waals surface area contributed by atoms with Gasteiger partial charge >= 0.3 is 0 Å². The summed E-state index contributed by atoms with van der Waals surface area (Å²) in [4.78, 5) is 26.1. The molecule has 0 saturated carbocycles. The van der Waals surface area contributed by atoms with E-state index in [9.17, 15) is 9.59 Å². The number of nitrogens with two attached hydrogens (primary N) is 1. The van der Waals surface area contributed by atoms with Crippen LogP contribution in [0.1, 0.15) is 43.8 Å². The van der Waals surface area contributed by atoms with Gasteiger partial charge in [-0.25, -0.2) is 0 Å². The lowest BCUT2D eigenvalue weighted by Crippen LogP contribution is -2.19. The summed E-state index contributed by atoms with van der Waals surface area (Å²) in [6, 6.07) is 1.75. The molecule has 3 N–H and O–H groups in total. The summed E-state index contributed by atoms with van der Waals surface area (Å²) in [5.74, 6) is -0.105. The van der Waals surface area contributed by atoms with Crippen LogP contribution in [-0.4, -0.2) is 11.8 Å². The van der Waals surface area contributed by atoms with Gasteiger partial charge in [-0.05, 0) is 68.7 Å². The van der Waals surface area contributed by atoms with Crippen LogP contribution in [0, 0.1) is 5.92 Å². The maximum atomic E-state index is 12.4. The lowest BCUT2D eigenvalue weighted by molar-refractivity contribution is 0.1000. The molecule has 2 aromatic rings. The van der Waals surface area contributed by atoms with Crippen LogP contribution in [0.25, 0.3) is 0 Å². The minimum Gasteiger partial charge on any atom is -0.365 e. The highest BCUT2D eigenvalue weighted by molar-refractivity contribution is 9.13. The predicted octanol–water partition coefficient (Wildman–Crippen LogP) is 4.81. The zero-order valence-corrected chi connectivity index (χ0v) is 17.0. The first-order chi connectivity index (χ1) is 10.9. The highest BCUT2D eigenvalue weighted by atomic mass is 79.9. The van der Waals surface area contributed by atoms with Gasteiger partial charge in [-0.15, -0.1) is 22.7 Å². The van der Waals surface area contributed by atoms with E-state index < -0.39 is 5.91 Å². The molecular weight excluding hydrogens is 464 g/mol. The van der Waals surface area contributed by atoms with Crippen LogP contribution in [0.15, 0.2) is 14.3 Å². The minimum atomic E-state index is -0.471. The molecule has 0 aliphatic heterocycles. The molecule has 4 nitrogen and oxygen atoms in total. The number of primary amides is 1. The molecule has 0 aromatic carbocycles. The standard InChI is InChI=1S/C15H14Br2N2O2S2/c1-6-2-3-7-9(4-6)23-15(11(7)13(18)20)19-14(21)10-5-8(16)12(17)22-10/h5-6H,2-4H2,1H3,(H2,18,20)(H,19,21). The number of hydrogen-bond acceptors (Lipinski definition) is 4. The number of fused-ring (bicyclic) bond motifs is 1. The Morgan fingerprint density at radius 3 is 2.70 bits per heavy atom. The average molecular weight is 478 g/mol. The quantitative estimate of drug-likeness (QED) is 0.665. The molecule has 0 bridgehead atoms. The Morgan fingerprint density at radius 1 is 1.35 bits per heavy atom. The fourth-order valence-electron chi connectivity index (χ4n) is 2.72. The van der Waals surface area contributed by atoms with E-state index in [1.165, 1.54) is 27.6 Å². The number of hydrogen-bond donors (Lipinski definition) is 2. The van der Waals surface area contributed by atoms with Crippen LogP contribution in [0.2, 0.25) is 0 Å². The number of carbonyl (C=O) groups is 2. The second kappa shape index (κ2) is 6.66. The average Bonchev–Trinajstić information content (AvgIpc) is 2.99. The van der Waals surface area contributed by atoms with Crippen molar-refractivity contribution < 1.29 is 9.59 Å². The Balaban J connectivity index is 1.93. The highest BCUT2D eigenvalue weighted by Crippen LogP contribution is 2.40. The molecule has 0 saturated heterocycles. The Labute approximate surface area is 158 Å². The number of rotatable bonds is 3. The van der Waals surface area contributed by atoms with Crippen molar-refractivity contribution in [3.63, 3.8) is 0 Å². The zero-order valence-electron chi connectivity index (χ0n) is 12.2. The van der Waals surface area contributed by atoms with Crippen molar-refractivity contribution in [2.24, 2.45) is 11.7 Å². The van der Waals surface area contributed by atoms with Crippen molar-refractivity contribution >= 4 is 71.3 Å². The molecule has 8 heteroatoms. The van der Waals surface area contributed by atoms with Gasteiger partial charge in [-0.3, -0.25) is 9.59 Å². The molecule has 3 rings (SSSR count). The first-order valence-corrected chi connectivity index (χ1v) is 10.3. The van der Waals surface area contributed by atoms with Crippen LogP contribution in [-0.2, 0) is 12.8 Å². The van der Waals surface area contributed by atoms with E-state index in [0.717, 1.165) is 33.1 Å². The third-order valence-electron chi connectivity index (χ3n) is 3.85. The van der Waals surface area contributed by atoms with E-state index in [1.54, 1.807) is 6.07 Å². The molecule has 1 unspecified atom stereocenters. The Kier molecular flexibility index (Phi) is 4.96. The molecule has 2 heterocycles. The zero-order chi connectivity index (χ0) is 16.7. The third kappa shape index (κ3) is 3.40. The molecule has 0 fully saturated rings. The fourth-order valence-corrected chi connectivity index (χ4v) is 6.06. The van der Waals surface area contributed by atoms with Crippen molar-refractivity contribution in [1.82, 2.24) is 0 Å². The summed E-state index contributed by atoms with van der Waals surface area (Å²) in [5, 5.41) is 3.44. The van der Waals surface area contributed by atoms with E-state index in [0.29, 0.717) is 21.4 Å². The van der Waals surface area contributed by atoms with Crippen molar-refractivity contribution in [1.29, 1.82) is 0 Å². The van der Waals surface area contributed by atoms with Crippen molar-refractivity contribution in [3.8, 4) is 0 Å². The largest absolute Gasteiger partial charge is 0.365 e. The lowest BCUT2D eigenvalue weighted by atomic mass is 9.88. The summed E-state index contributed by atoms with van der Waals surface area (Å²) in [6.45, 7) is 2.20. The van der Waals surface area contributed by atoms with E-state index >= 15 is 0 Å². The highest BCUT2D eigenvalue weighted by Gasteiger charge is 2.27. The fraction of sp³-hybridized carbons (Fsp3) is 0.333. The second-order valence-electron chi connectivity index (χ2n) is 5.61. The number of anilines is 1. The van der Waals surface area contributed by atoms with Gasteiger partial charge in [0.05, 0.1) is 14.2 Å². The van der Waals surface area contributed by atoms with E-state index in [4.69, 9.17) is 5.73 Å². The molecule has 1 aliphatic rings. The number of amides is 2. The van der Waals surface area contributed by atoms with Gasteiger partial charge in [0.15, 0.2) is 0 Å². The summed E-state index contributed by atoms with van der Waals surface area (Å²) < 4.78 is 1.69. The molecule has 23 heavy (non-hydrogen) atoms. The van der Waals surface area contributed by atoms with Crippen LogP contribution in [0.3, 0.4) is 0 Å². The molecule has 2 amide bonds. The first-order valence-electron chi connectivity index (χ1n) is 7.07. The SMILES string of the molecule is CC1CCc2c(sc(NC(=O)c3cc(Br)c(Br)s3)c2C(N)=O)C1. The lowest BCUT2D eigenvalue weighted by Gasteiger charge is -2.18. The summed E-state index contributed by atoms with van der Waals surface area (Å²) in [6.07, 6.45) is 2.83. The normalized spacial score (nSPS) is 16.9. The molecule has 2 aromatic heterocycles. The number of halogens is 2. The van der Waals surface area contributed by atoms with Crippen molar-refractivity contribution in [2.45, 2.75) is 26.2 Å². The molecular formula is C15H14Br2N2O2S2. The maximum absolute atomic E-state index is 12.4. The minimum absolute atomic E-state index is 0.226. The third-order valence-corrected chi connectivity index (χ3v) is 8.28. The van der Waals surface area contributed by atoms with Gasteiger partial charge in [0.25, 0.3) is 11.8 Å². The van der Waals surface area contributed by atoms with Gasteiger partial charge in [0, 0.05) is 9.35 Å². The van der Waals surface area contributed by atoms with Gasteiger partial charge < -0.3 is 11.1 Å². The second-order valence-corrected chi connectivity index (χ2v) is 9.94. The smallest absolute Gasteiger partial charge is 0.266 e. The van der Waals surface area contributed by atoms with Crippen molar-refractivity contribution in [2.75, 3.05) is 5.32 Å². The van der Waals surface area contributed by atoms with Crippen LogP contribution >= 0.6 is 54.5 Å². The van der Waals surface area contributed by atoms with Crippen LogP contribution in [0.5, 0.6) is 0 Å². The van der Waals surface area contributed by atoms with E-state index in [1.807, 2.05) is 0 Å². The molecule has 0 spiro atoms. The maximum Gasteiger partial charge on any atom is 0.266 e. The predicted molar refractivity (Wildman–Crippen MR) is 102 cm³/mol. The van der Waals surface area contributed by atoms with E-state index in [-0.39, 0.29) is 5.91 Å². The number of thiophene rings is 2. The van der Waals surface area contributed by atoms with Gasteiger partial charge in [0.2, 0.25) is 0 Å². The molecule has 1 atom stereocenters. The summed E-state index contributed by atoms with van der Waals surface area (Å²) >= 11 is 9.57. The monoisotopic (exact) mass is 476 g/mol. The Hall–Kier alpha value is -0.700. The number of nitrogens with one attached hydrogen (secondary N) is 1. The topological polar surface area (TPSA) is 72.2 Å². The first kappa shape index (κ1) is 17.1. The Bertz CT molecular complexity index is 778. The summed E-state index contributed by atoms with van der Waals surface area (Å²) in [7, 11) is 0. The van der Waals surface area contributed by atoms with Gasteiger partial charge in [-0.2, -0.15) is 0 Å². The van der Waals surface area contributed by atoms with Crippen LogP contribution < -0.4 is 11.1 Å². The number of carbonyl (C=O) groups excluding carboxylic acids is 2. The van der Waals surface area contributed by atoms with E-state index in [2.05, 4.69) is 44.1 Å². The summed E-state index contributed by atoms with van der Waals surface area (Å²) in [5.41, 5.74) is 7.07. The Morgan fingerprint density at radius 2 is 2.09 bits per heavy atom. The van der Waals surface area contributed by atoms with Gasteiger partial charge in [0.1, 0.15) is 5.00 Å². The van der Waals surface area contributed by atoms with Crippen molar-refractivity contribution in [3.05, 3.63) is 35.2 Å². The molecule has 122 valence electrons. The molecule has 0 radical (unpaired) electrons.